The van der Waals surface area contributed by atoms with Crippen LogP contribution in [0.3, 0.4) is 0 Å². The predicted octanol–water partition coefficient (Wildman–Crippen LogP) is 4.16. The van der Waals surface area contributed by atoms with Gasteiger partial charge < -0.3 is 15.5 Å². The molecule has 3 rings (SSSR count). The Kier molecular flexibility index (Phi) is 2.67. The standard InChI is InChI=1S/C16H16N2O/c1-10-7-13(17)8-11(2)16(10)19-14-3-4-15-12(9-14)5-6-18-15/h3-9,18H,17H2,1-2H3. The summed E-state index contributed by atoms with van der Waals surface area (Å²) in [7, 11) is 0. The van der Waals surface area contributed by atoms with Crippen LogP contribution in [0.25, 0.3) is 10.9 Å². The molecule has 0 spiro atoms. The van der Waals surface area contributed by atoms with E-state index >= 15 is 0 Å². The number of aryl methyl sites for hydroxylation is 2. The summed E-state index contributed by atoms with van der Waals surface area (Å²) in [6, 6.07) is 11.9. The largest absolute Gasteiger partial charge is 0.457 e. The summed E-state index contributed by atoms with van der Waals surface area (Å²) in [6.07, 6.45) is 1.92. The van der Waals surface area contributed by atoms with Crippen LogP contribution >= 0.6 is 0 Å². The zero-order valence-corrected chi connectivity index (χ0v) is 11.0. The normalized spacial score (nSPS) is 10.8. The van der Waals surface area contributed by atoms with Crippen LogP contribution in [-0.2, 0) is 0 Å². The molecule has 3 N–H and O–H groups in total. The molecule has 3 nitrogen and oxygen atoms in total. The van der Waals surface area contributed by atoms with Crippen molar-refractivity contribution in [3.05, 3.63) is 53.7 Å². The molecular weight excluding hydrogens is 236 g/mol. The molecule has 1 aromatic heterocycles. The number of nitrogens with two attached hydrogens (primary N) is 1. The minimum atomic E-state index is 0.767. The number of nitrogen functional groups attached to an aromatic ring is 1. The molecule has 0 aliphatic carbocycles. The highest BCUT2D eigenvalue weighted by molar-refractivity contribution is 5.80. The van der Waals surface area contributed by atoms with Crippen LogP contribution in [0, 0.1) is 13.8 Å². The highest BCUT2D eigenvalue weighted by Gasteiger charge is 2.07. The fourth-order valence-electron chi connectivity index (χ4n) is 2.36. The van der Waals surface area contributed by atoms with Gasteiger partial charge >= 0.3 is 0 Å². The molecule has 1 heterocycles. The van der Waals surface area contributed by atoms with E-state index in [1.54, 1.807) is 0 Å². The third kappa shape index (κ3) is 2.15. The number of nitrogens with one attached hydrogen (secondary N) is 1. The smallest absolute Gasteiger partial charge is 0.133 e. The molecule has 0 aliphatic rings. The minimum absolute atomic E-state index is 0.767. The third-order valence-electron chi connectivity index (χ3n) is 3.23. The molecule has 2 aromatic carbocycles. The number of fused-ring (bicyclic) bond motifs is 1. The van der Waals surface area contributed by atoms with Gasteiger partial charge in [-0.05, 0) is 61.4 Å². The maximum Gasteiger partial charge on any atom is 0.133 e. The Morgan fingerprint density at radius 3 is 2.47 bits per heavy atom. The fraction of sp³-hybridized carbons (Fsp3) is 0.125. The van der Waals surface area contributed by atoms with Crippen molar-refractivity contribution in [2.75, 3.05) is 5.73 Å². The summed E-state index contributed by atoms with van der Waals surface area (Å²) in [4.78, 5) is 3.17. The summed E-state index contributed by atoms with van der Waals surface area (Å²) in [5, 5.41) is 1.14. The third-order valence-corrected chi connectivity index (χ3v) is 3.23. The van der Waals surface area contributed by atoms with Crippen molar-refractivity contribution >= 4 is 16.6 Å². The van der Waals surface area contributed by atoms with E-state index in [0.717, 1.165) is 39.2 Å². The summed E-state index contributed by atoms with van der Waals surface area (Å²) >= 11 is 0. The molecule has 0 unspecified atom stereocenters. The van der Waals surface area contributed by atoms with Crippen molar-refractivity contribution in [1.82, 2.24) is 4.98 Å². The van der Waals surface area contributed by atoms with E-state index in [2.05, 4.69) is 4.98 Å². The van der Waals surface area contributed by atoms with Gasteiger partial charge in [-0.2, -0.15) is 0 Å². The average molecular weight is 252 g/mol. The maximum absolute atomic E-state index is 6.00. The topological polar surface area (TPSA) is 51.0 Å². The highest BCUT2D eigenvalue weighted by Crippen LogP contribution is 2.31. The van der Waals surface area contributed by atoms with Crippen molar-refractivity contribution in [2.45, 2.75) is 13.8 Å². The van der Waals surface area contributed by atoms with Gasteiger partial charge in [-0.25, -0.2) is 0 Å². The first-order valence-electron chi connectivity index (χ1n) is 6.25. The van der Waals surface area contributed by atoms with E-state index < -0.39 is 0 Å². The van der Waals surface area contributed by atoms with Crippen molar-refractivity contribution in [1.29, 1.82) is 0 Å². The molecule has 0 saturated heterocycles. The lowest BCUT2D eigenvalue weighted by atomic mass is 10.1. The molecule has 0 bridgehead atoms. The lowest BCUT2D eigenvalue weighted by Crippen LogP contribution is -1.94. The number of ether oxygens (including phenoxy) is 1. The molecule has 0 aliphatic heterocycles. The van der Waals surface area contributed by atoms with Crippen LogP contribution in [-0.4, -0.2) is 4.98 Å². The molecule has 19 heavy (non-hydrogen) atoms. The molecule has 3 heteroatoms. The highest BCUT2D eigenvalue weighted by atomic mass is 16.5. The van der Waals surface area contributed by atoms with Gasteiger partial charge in [-0.3, -0.25) is 0 Å². The molecule has 0 saturated carbocycles. The van der Waals surface area contributed by atoms with Gasteiger partial charge in [0, 0.05) is 22.8 Å². The van der Waals surface area contributed by atoms with Crippen LogP contribution in [0.5, 0.6) is 11.5 Å². The number of hydrogen-bond acceptors (Lipinski definition) is 2. The lowest BCUT2D eigenvalue weighted by molar-refractivity contribution is 0.476. The average Bonchev–Trinajstić information content (AvgIpc) is 2.81. The van der Waals surface area contributed by atoms with Crippen molar-refractivity contribution in [2.24, 2.45) is 0 Å². The summed E-state index contributed by atoms with van der Waals surface area (Å²) in [5.41, 5.74) is 9.79. The van der Waals surface area contributed by atoms with Crippen molar-refractivity contribution < 1.29 is 4.74 Å². The van der Waals surface area contributed by atoms with Gasteiger partial charge in [-0.1, -0.05) is 0 Å². The number of aromatic nitrogens is 1. The van der Waals surface area contributed by atoms with Crippen LogP contribution in [0.2, 0.25) is 0 Å². The number of benzene rings is 2. The van der Waals surface area contributed by atoms with Crippen LogP contribution in [0.4, 0.5) is 5.69 Å². The Morgan fingerprint density at radius 2 is 1.74 bits per heavy atom. The predicted molar refractivity (Wildman–Crippen MR) is 78.7 cm³/mol. The summed E-state index contributed by atoms with van der Waals surface area (Å²) in [5.74, 6) is 1.71. The Balaban J connectivity index is 2.00. The molecule has 3 aromatic rings. The first kappa shape index (κ1) is 11.7. The first-order valence-corrected chi connectivity index (χ1v) is 6.25. The van der Waals surface area contributed by atoms with Gasteiger partial charge in [0.2, 0.25) is 0 Å². The second kappa shape index (κ2) is 4.35. The number of anilines is 1. The number of H-pyrrole nitrogens is 1. The lowest BCUT2D eigenvalue weighted by Gasteiger charge is -2.12. The van der Waals surface area contributed by atoms with Gasteiger partial charge in [0.15, 0.2) is 0 Å². The van der Waals surface area contributed by atoms with E-state index in [1.807, 2.05) is 56.4 Å². The van der Waals surface area contributed by atoms with Gasteiger partial charge in [-0.15, -0.1) is 0 Å². The van der Waals surface area contributed by atoms with Crippen molar-refractivity contribution in [3.63, 3.8) is 0 Å². The number of rotatable bonds is 2. The van der Waals surface area contributed by atoms with E-state index in [-0.39, 0.29) is 0 Å². The van der Waals surface area contributed by atoms with Crippen molar-refractivity contribution in [3.8, 4) is 11.5 Å². The molecule has 0 amide bonds. The molecule has 0 atom stereocenters. The van der Waals surface area contributed by atoms with Gasteiger partial charge in [0.25, 0.3) is 0 Å². The maximum atomic E-state index is 6.00. The molecule has 0 fully saturated rings. The van der Waals surface area contributed by atoms with Crippen LogP contribution in [0.15, 0.2) is 42.6 Å². The Hall–Kier alpha value is -2.42. The van der Waals surface area contributed by atoms with E-state index in [0.29, 0.717) is 0 Å². The summed E-state index contributed by atoms with van der Waals surface area (Å²) < 4.78 is 6.00. The zero-order chi connectivity index (χ0) is 13.4. The number of hydrogen-bond donors (Lipinski definition) is 2. The van der Waals surface area contributed by atoms with E-state index in [1.165, 1.54) is 0 Å². The van der Waals surface area contributed by atoms with Gasteiger partial charge in [0.05, 0.1) is 0 Å². The quantitative estimate of drug-likeness (QED) is 0.673. The van der Waals surface area contributed by atoms with E-state index in [9.17, 15) is 0 Å². The number of aromatic amines is 1. The van der Waals surface area contributed by atoms with Crippen LogP contribution < -0.4 is 10.5 Å². The van der Waals surface area contributed by atoms with Gasteiger partial charge in [0.1, 0.15) is 11.5 Å². The molecule has 96 valence electrons. The zero-order valence-electron chi connectivity index (χ0n) is 11.0. The monoisotopic (exact) mass is 252 g/mol. The minimum Gasteiger partial charge on any atom is -0.457 e. The SMILES string of the molecule is Cc1cc(N)cc(C)c1Oc1ccc2[nH]ccc2c1. The fourth-order valence-corrected chi connectivity index (χ4v) is 2.36. The van der Waals surface area contributed by atoms with E-state index in [4.69, 9.17) is 10.5 Å². The molecular formula is C16H16N2O. The Bertz CT molecular complexity index is 720. The summed E-state index contributed by atoms with van der Waals surface area (Å²) in [6.45, 7) is 4.01. The Morgan fingerprint density at radius 1 is 1.00 bits per heavy atom. The molecule has 0 radical (unpaired) electrons. The van der Waals surface area contributed by atoms with Crippen LogP contribution in [0.1, 0.15) is 11.1 Å². The first-order chi connectivity index (χ1) is 9.13. The Labute approximate surface area is 112 Å². The second-order valence-electron chi connectivity index (χ2n) is 4.81. The second-order valence-corrected chi connectivity index (χ2v) is 4.81.